The molecule has 1 amide bonds. The molecule has 3 N–H and O–H groups in total. The standard InChI is InChI=1S/C13H9BrClFN2O/c14-10-6-8(2-4-12(10)17)18-13(19)9-3-1-7(16)5-11(9)15/h1-6H,17H2,(H,18,19). The zero-order chi connectivity index (χ0) is 14.0. The Bertz CT molecular complexity index is 649. The second kappa shape index (κ2) is 5.59. The van der Waals surface area contributed by atoms with Crippen molar-refractivity contribution in [3.8, 4) is 0 Å². The lowest BCUT2D eigenvalue weighted by Gasteiger charge is -2.08. The number of hydrogen-bond acceptors (Lipinski definition) is 2. The molecule has 0 fully saturated rings. The average molecular weight is 344 g/mol. The van der Waals surface area contributed by atoms with Gasteiger partial charge in [0.2, 0.25) is 0 Å². The fourth-order valence-electron chi connectivity index (χ4n) is 1.48. The predicted octanol–water partition coefficient (Wildman–Crippen LogP) is 4.08. The van der Waals surface area contributed by atoms with Gasteiger partial charge in [-0.25, -0.2) is 4.39 Å². The molecule has 0 spiro atoms. The van der Waals surface area contributed by atoms with Gasteiger partial charge in [0.15, 0.2) is 0 Å². The van der Waals surface area contributed by atoms with E-state index in [4.69, 9.17) is 17.3 Å². The van der Waals surface area contributed by atoms with Crippen LogP contribution in [0.3, 0.4) is 0 Å². The van der Waals surface area contributed by atoms with Gasteiger partial charge in [-0.05, 0) is 52.3 Å². The third-order valence-electron chi connectivity index (χ3n) is 2.43. The number of benzene rings is 2. The third-order valence-corrected chi connectivity index (χ3v) is 3.43. The molecule has 0 aliphatic carbocycles. The molecule has 3 nitrogen and oxygen atoms in total. The van der Waals surface area contributed by atoms with Gasteiger partial charge in [-0.1, -0.05) is 11.6 Å². The molecule has 0 aliphatic heterocycles. The second-order valence-corrected chi connectivity index (χ2v) is 5.08. The van der Waals surface area contributed by atoms with Gasteiger partial charge >= 0.3 is 0 Å². The maximum atomic E-state index is 12.9. The van der Waals surface area contributed by atoms with Crippen molar-refractivity contribution >= 4 is 44.8 Å². The zero-order valence-corrected chi connectivity index (χ0v) is 11.9. The number of carbonyl (C=O) groups is 1. The van der Waals surface area contributed by atoms with Crippen molar-refractivity contribution in [1.82, 2.24) is 0 Å². The van der Waals surface area contributed by atoms with Crippen LogP contribution < -0.4 is 11.1 Å². The number of nitrogen functional groups attached to an aromatic ring is 1. The number of nitrogens with two attached hydrogens (primary N) is 1. The van der Waals surface area contributed by atoms with Crippen molar-refractivity contribution < 1.29 is 9.18 Å². The summed E-state index contributed by atoms with van der Waals surface area (Å²) in [6.45, 7) is 0. The van der Waals surface area contributed by atoms with E-state index >= 15 is 0 Å². The van der Waals surface area contributed by atoms with E-state index in [1.807, 2.05) is 0 Å². The molecule has 0 bridgehead atoms. The SMILES string of the molecule is Nc1ccc(NC(=O)c2ccc(F)cc2Cl)cc1Br. The molecule has 2 rings (SSSR count). The third kappa shape index (κ3) is 3.24. The largest absolute Gasteiger partial charge is 0.398 e. The minimum atomic E-state index is -0.489. The van der Waals surface area contributed by atoms with Crippen LogP contribution >= 0.6 is 27.5 Å². The summed E-state index contributed by atoms with van der Waals surface area (Å²) in [6, 6.07) is 8.60. The summed E-state index contributed by atoms with van der Waals surface area (Å²) in [7, 11) is 0. The number of rotatable bonds is 2. The normalized spacial score (nSPS) is 10.3. The van der Waals surface area contributed by atoms with Gasteiger partial charge in [0.25, 0.3) is 5.91 Å². The molecule has 0 unspecified atom stereocenters. The first-order valence-electron chi connectivity index (χ1n) is 5.29. The average Bonchev–Trinajstić information content (AvgIpc) is 2.33. The number of halogens is 3. The molecule has 19 heavy (non-hydrogen) atoms. The Hall–Kier alpha value is -1.59. The molecule has 0 heterocycles. The van der Waals surface area contributed by atoms with Crippen LogP contribution in [0.2, 0.25) is 5.02 Å². The highest BCUT2D eigenvalue weighted by Crippen LogP contribution is 2.24. The summed E-state index contributed by atoms with van der Waals surface area (Å²) >= 11 is 9.08. The molecule has 98 valence electrons. The van der Waals surface area contributed by atoms with Crippen LogP contribution in [0, 0.1) is 5.82 Å². The summed E-state index contributed by atoms with van der Waals surface area (Å²) in [5, 5.41) is 2.72. The maximum absolute atomic E-state index is 12.9. The van der Waals surface area contributed by atoms with Crippen molar-refractivity contribution in [1.29, 1.82) is 0 Å². The minimum Gasteiger partial charge on any atom is -0.398 e. The minimum absolute atomic E-state index is 0.0620. The number of amides is 1. The van der Waals surface area contributed by atoms with Gasteiger partial charge in [-0.3, -0.25) is 4.79 Å². The highest BCUT2D eigenvalue weighted by Gasteiger charge is 2.11. The van der Waals surface area contributed by atoms with Crippen LogP contribution in [0.25, 0.3) is 0 Å². The first kappa shape index (κ1) is 13.8. The van der Waals surface area contributed by atoms with Crippen LogP contribution in [0.4, 0.5) is 15.8 Å². The van der Waals surface area contributed by atoms with Crippen molar-refractivity contribution in [2.75, 3.05) is 11.1 Å². The first-order valence-corrected chi connectivity index (χ1v) is 6.46. The first-order chi connectivity index (χ1) is 8.97. The topological polar surface area (TPSA) is 55.1 Å². The monoisotopic (exact) mass is 342 g/mol. The summed E-state index contributed by atoms with van der Waals surface area (Å²) in [5.74, 6) is -0.904. The molecule has 6 heteroatoms. The van der Waals surface area contributed by atoms with E-state index in [9.17, 15) is 9.18 Å². The molecule has 2 aromatic rings. The summed E-state index contributed by atoms with van der Waals surface area (Å²) in [5.41, 5.74) is 6.98. The van der Waals surface area contributed by atoms with E-state index in [0.717, 1.165) is 6.07 Å². The Balaban J connectivity index is 2.23. The van der Waals surface area contributed by atoms with Crippen LogP contribution in [0.5, 0.6) is 0 Å². The smallest absolute Gasteiger partial charge is 0.257 e. The van der Waals surface area contributed by atoms with Gasteiger partial charge in [0.1, 0.15) is 5.82 Å². The van der Waals surface area contributed by atoms with E-state index in [-0.39, 0.29) is 10.6 Å². The van der Waals surface area contributed by atoms with E-state index in [1.165, 1.54) is 12.1 Å². The van der Waals surface area contributed by atoms with E-state index in [0.29, 0.717) is 15.8 Å². The molecule has 0 saturated carbocycles. The Morgan fingerprint density at radius 3 is 2.63 bits per heavy atom. The van der Waals surface area contributed by atoms with Crippen molar-refractivity contribution in [3.63, 3.8) is 0 Å². The molecule has 0 aromatic heterocycles. The molecule has 0 atom stereocenters. The maximum Gasteiger partial charge on any atom is 0.257 e. The lowest BCUT2D eigenvalue weighted by Crippen LogP contribution is -2.12. The van der Waals surface area contributed by atoms with Crippen molar-refractivity contribution in [3.05, 3.63) is 57.3 Å². The molecule has 0 radical (unpaired) electrons. The number of hydrogen-bond donors (Lipinski definition) is 2. The Kier molecular flexibility index (Phi) is 4.07. The second-order valence-electron chi connectivity index (χ2n) is 3.81. The van der Waals surface area contributed by atoms with Gasteiger partial charge < -0.3 is 11.1 Å². The molecule has 2 aromatic carbocycles. The lowest BCUT2D eigenvalue weighted by atomic mass is 10.2. The van der Waals surface area contributed by atoms with E-state index < -0.39 is 11.7 Å². The van der Waals surface area contributed by atoms with Crippen LogP contribution in [0.1, 0.15) is 10.4 Å². The van der Waals surface area contributed by atoms with Crippen LogP contribution in [-0.2, 0) is 0 Å². The van der Waals surface area contributed by atoms with Gasteiger partial charge in [-0.2, -0.15) is 0 Å². The van der Waals surface area contributed by atoms with Crippen LogP contribution in [-0.4, -0.2) is 5.91 Å². The highest BCUT2D eigenvalue weighted by atomic mass is 79.9. The van der Waals surface area contributed by atoms with E-state index in [2.05, 4.69) is 21.2 Å². The number of anilines is 2. The molecular weight excluding hydrogens is 335 g/mol. The Morgan fingerprint density at radius 1 is 1.26 bits per heavy atom. The van der Waals surface area contributed by atoms with E-state index in [1.54, 1.807) is 18.2 Å². The summed E-state index contributed by atoms with van der Waals surface area (Å²) in [4.78, 5) is 12.0. The Labute approximate surface area is 122 Å². The van der Waals surface area contributed by atoms with Gasteiger partial charge in [0, 0.05) is 15.8 Å². The lowest BCUT2D eigenvalue weighted by molar-refractivity contribution is 0.102. The van der Waals surface area contributed by atoms with Crippen molar-refractivity contribution in [2.45, 2.75) is 0 Å². The molecule has 0 aliphatic rings. The summed E-state index contributed by atoms with van der Waals surface area (Å²) < 4.78 is 13.6. The quantitative estimate of drug-likeness (QED) is 0.807. The number of nitrogens with one attached hydrogen (secondary N) is 1. The van der Waals surface area contributed by atoms with Gasteiger partial charge in [0.05, 0.1) is 10.6 Å². The Morgan fingerprint density at radius 2 is 2.00 bits per heavy atom. The van der Waals surface area contributed by atoms with Gasteiger partial charge in [-0.15, -0.1) is 0 Å². The molecular formula is C13H9BrClFN2O. The fourth-order valence-corrected chi connectivity index (χ4v) is 2.11. The summed E-state index contributed by atoms with van der Waals surface area (Å²) in [6.07, 6.45) is 0. The highest BCUT2D eigenvalue weighted by molar-refractivity contribution is 9.10. The number of carbonyl (C=O) groups excluding carboxylic acids is 1. The fraction of sp³-hybridized carbons (Fsp3) is 0. The predicted molar refractivity (Wildman–Crippen MR) is 77.9 cm³/mol. The van der Waals surface area contributed by atoms with Crippen LogP contribution in [0.15, 0.2) is 40.9 Å². The zero-order valence-electron chi connectivity index (χ0n) is 9.58. The van der Waals surface area contributed by atoms with Crippen molar-refractivity contribution in [2.24, 2.45) is 0 Å². The molecule has 0 saturated heterocycles.